The van der Waals surface area contributed by atoms with E-state index >= 15 is 0 Å². The summed E-state index contributed by atoms with van der Waals surface area (Å²) in [5.74, 6) is 1.58. The Morgan fingerprint density at radius 3 is 2.68 bits per heavy atom. The monoisotopic (exact) mass is 443 g/mol. The molecule has 9 nitrogen and oxygen atoms in total. The van der Waals surface area contributed by atoms with Crippen molar-refractivity contribution in [1.82, 2.24) is 24.5 Å². The summed E-state index contributed by atoms with van der Waals surface area (Å²) in [7, 11) is 1.87. The van der Waals surface area contributed by atoms with Crippen molar-refractivity contribution in [1.29, 1.82) is 0 Å². The molecule has 1 unspecified atom stereocenters. The van der Waals surface area contributed by atoms with Crippen molar-refractivity contribution in [2.24, 2.45) is 7.05 Å². The number of nitrogens with zero attached hydrogens (tertiary/aromatic N) is 6. The largest absolute Gasteiger partial charge is 0.467 e. The van der Waals surface area contributed by atoms with Gasteiger partial charge in [0, 0.05) is 20.1 Å². The Labute approximate surface area is 186 Å². The highest BCUT2D eigenvalue weighted by Crippen LogP contribution is 2.29. The van der Waals surface area contributed by atoms with Gasteiger partial charge in [0.1, 0.15) is 5.76 Å². The molecule has 1 fully saturated rings. The van der Waals surface area contributed by atoms with Gasteiger partial charge in [-0.15, -0.1) is 10.2 Å². The highest BCUT2D eigenvalue weighted by molar-refractivity contribution is 8.00. The standard InChI is InChI=1S/C21H29N7O2S/c1-14-18(15(2)26(4)25-14)22-19(29)16(3)31-21-24-23-20(27-10-6-5-7-11-27)28(21)13-17-9-8-12-30-17/h8-9,12,16H,5-7,10-11,13H2,1-4H3,(H,22,29). The summed E-state index contributed by atoms with van der Waals surface area (Å²) in [5, 5.41) is 16.7. The molecule has 3 aromatic heterocycles. The SMILES string of the molecule is Cc1nn(C)c(C)c1NC(=O)C(C)Sc1nnc(N2CCCCC2)n1Cc1ccco1. The van der Waals surface area contributed by atoms with Crippen LogP contribution in [0.1, 0.15) is 43.3 Å². The van der Waals surface area contributed by atoms with Crippen LogP contribution in [0.4, 0.5) is 11.6 Å². The van der Waals surface area contributed by atoms with Crippen LogP contribution in [-0.2, 0) is 18.4 Å². The van der Waals surface area contributed by atoms with Gasteiger partial charge >= 0.3 is 0 Å². The first kappa shape index (κ1) is 21.5. The van der Waals surface area contributed by atoms with Gasteiger partial charge in [0.2, 0.25) is 11.9 Å². The smallest absolute Gasteiger partial charge is 0.237 e. The fourth-order valence-corrected chi connectivity index (χ4v) is 4.63. The summed E-state index contributed by atoms with van der Waals surface area (Å²) in [6.07, 6.45) is 5.22. The fraction of sp³-hybridized carbons (Fsp3) is 0.524. The third-order valence-corrected chi connectivity index (χ3v) is 6.72. The van der Waals surface area contributed by atoms with E-state index < -0.39 is 0 Å². The van der Waals surface area contributed by atoms with Gasteiger partial charge in [-0.25, -0.2) is 0 Å². The summed E-state index contributed by atoms with van der Waals surface area (Å²) in [4.78, 5) is 15.2. The predicted octanol–water partition coefficient (Wildman–Crippen LogP) is 3.38. The molecule has 10 heteroatoms. The van der Waals surface area contributed by atoms with Crippen LogP contribution in [0.15, 0.2) is 28.0 Å². The molecule has 0 radical (unpaired) electrons. The topological polar surface area (TPSA) is 94.0 Å². The molecule has 0 aliphatic carbocycles. The number of aryl methyl sites for hydroxylation is 2. The van der Waals surface area contributed by atoms with Gasteiger partial charge in [0.05, 0.1) is 35.1 Å². The summed E-state index contributed by atoms with van der Waals surface area (Å²) in [6.45, 7) is 8.19. The lowest BCUT2D eigenvalue weighted by Gasteiger charge is -2.27. The second kappa shape index (κ2) is 9.17. The molecule has 1 saturated heterocycles. The summed E-state index contributed by atoms with van der Waals surface area (Å²) in [5.41, 5.74) is 2.50. The summed E-state index contributed by atoms with van der Waals surface area (Å²) in [6, 6.07) is 3.82. The van der Waals surface area contributed by atoms with E-state index in [1.54, 1.807) is 10.9 Å². The lowest BCUT2D eigenvalue weighted by molar-refractivity contribution is -0.115. The highest BCUT2D eigenvalue weighted by atomic mass is 32.2. The molecule has 1 amide bonds. The number of rotatable bonds is 7. The first-order chi connectivity index (χ1) is 14.9. The van der Waals surface area contributed by atoms with Crippen molar-refractivity contribution in [2.45, 2.75) is 57.0 Å². The van der Waals surface area contributed by atoms with Gasteiger partial charge < -0.3 is 14.6 Å². The van der Waals surface area contributed by atoms with E-state index in [9.17, 15) is 4.79 Å². The van der Waals surface area contributed by atoms with Crippen molar-refractivity contribution in [3.63, 3.8) is 0 Å². The molecule has 1 atom stereocenters. The summed E-state index contributed by atoms with van der Waals surface area (Å²) < 4.78 is 9.40. The Morgan fingerprint density at radius 2 is 2.03 bits per heavy atom. The second-order valence-electron chi connectivity index (χ2n) is 7.91. The van der Waals surface area contributed by atoms with Crippen molar-refractivity contribution in [3.8, 4) is 0 Å². The van der Waals surface area contributed by atoms with Crippen LogP contribution in [0.3, 0.4) is 0 Å². The molecular formula is C21H29N7O2S. The average molecular weight is 444 g/mol. The zero-order valence-corrected chi connectivity index (χ0v) is 19.3. The van der Waals surface area contributed by atoms with Crippen molar-refractivity contribution >= 4 is 29.3 Å². The molecule has 31 heavy (non-hydrogen) atoms. The van der Waals surface area contributed by atoms with Crippen LogP contribution in [0.2, 0.25) is 0 Å². The maximum atomic E-state index is 12.9. The quantitative estimate of drug-likeness (QED) is 0.560. The molecular weight excluding hydrogens is 414 g/mol. The molecule has 0 aromatic carbocycles. The number of hydrogen-bond donors (Lipinski definition) is 1. The van der Waals surface area contributed by atoms with Gasteiger partial charge in [-0.3, -0.25) is 14.0 Å². The number of hydrogen-bond acceptors (Lipinski definition) is 7. The minimum absolute atomic E-state index is 0.0868. The van der Waals surface area contributed by atoms with Crippen LogP contribution in [-0.4, -0.2) is 48.8 Å². The second-order valence-corrected chi connectivity index (χ2v) is 9.22. The number of anilines is 2. The zero-order chi connectivity index (χ0) is 22.0. The third-order valence-electron chi connectivity index (χ3n) is 5.64. The number of furan rings is 1. The summed E-state index contributed by atoms with van der Waals surface area (Å²) >= 11 is 1.40. The highest BCUT2D eigenvalue weighted by Gasteiger charge is 2.25. The molecule has 1 aliphatic heterocycles. The van der Waals surface area contributed by atoms with Gasteiger partial charge in [0.15, 0.2) is 5.16 Å². The lowest BCUT2D eigenvalue weighted by atomic mass is 10.1. The first-order valence-electron chi connectivity index (χ1n) is 10.6. The fourth-order valence-electron chi connectivity index (χ4n) is 3.78. The third kappa shape index (κ3) is 4.63. The predicted molar refractivity (Wildman–Crippen MR) is 121 cm³/mol. The van der Waals surface area contributed by atoms with E-state index in [2.05, 4.69) is 30.1 Å². The van der Waals surface area contributed by atoms with E-state index in [0.29, 0.717) is 11.7 Å². The molecule has 4 heterocycles. The van der Waals surface area contributed by atoms with Crippen LogP contribution in [0.5, 0.6) is 0 Å². The van der Waals surface area contributed by atoms with E-state index in [1.165, 1.54) is 18.2 Å². The van der Waals surface area contributed by atoms with Crippen LogP contribution >= 0.6 is 11.8 Å². The number of piperidine rings is 1. The number of carbonyl (C=O) groups excluding carboxylic acids is 1. The van der Waals surface area contributed by atoms with Crippen molar-refractivity contribution in [3.05, 3.63) is 35.5 Å². The van der Waals surface area contributed by atoms with E-state index in [1.807, 2.05) is 40.0 Å². The number of nitrogens with one attached hydrogen (secondary N) is 1. The first-order valence-corrected chi connectivity index (χ1v) is 11.5. The normalized spacial score (nSPS) is 15.3. The Bertz CT molecular complexity index is 1030. The molecule has 166 valence electrons. The van der Waals surface area contributed by atoms with E-state index in [-0.39, 0.29) is 11.2 Å². The molecule has 3 aromatic rings. The van der Waals surface area contributed by atoms with Crippen LogP contribution in [0, 0.1) is 13.8 Å². The van der Waals surface area contributed by atoms with Crippen molar-refractivity contribution < 1.29 is 9.21 Å². The minimum Gasteiger partial charge on any atom is -0.467 e. The zero-order valence-electron chi connectivity index (χ0n) is 18.5. The lowest BCUT2D eigenvalue weighted by Crippen LogP contribution is -2.32. The van der Waals surface area contributed by atoms with Gasteiger partial charge in [-0.05, 0) is 52.2 Å². The molecule has 4 rings (SSSR count). The van der Waals surface area contributed by atoms with Crippen molar-refractivity contribution in [2.75, 3.05) is 23.3 Å². The maximum absolute atomic E-state index is 12.9. The Morgan fingerprint density at radius 1 is 1.26 bits per heavy atom. The number of aromatic nitrogens is 5. The van der Waals surface area contributed by atoms with Gasteiger partial charge in [-0.2, -0.15) is 5.10 Å². The number of carbonyl (C=O) groups is 1. The Kier molecular flexibility index (Phi) is 6.35. The minimum atomic E-state index is -0.354. The van der Waals surface area contributed by atoms with Gasteiger partial charge in [-0.1, -0.05) is 11.8 Å². The van der Waals surface area contributed by atoms with Crippen LogP contribution < -0.4 is 10.2 Å². The number of thioether (sulfide) groups is 1. The molecule has 0 bridgehead atoms. The molecule has 0 saturated carbocycles. The maximum Gasteiger partial charge on any atom is 0.237 e. The Hall–Kier alpha value is -2.75. The molecule has 1 aliphatic rings. The van der Waals surface area contributed by atoms with E-state index in [0.717, 1.165) is 54.7 Å². The molecule has 0 spiro atoms. The van der Waals surface area contributed by atoms with Crippen LogP contribution in [0.25, 0.3) is 0 Å². The van der Waals surface area contributed by atoms with E-state index in [4.69, 9.17) is 4.42 Å². The molecule has 1 N–H and O–H groups in total. The van der Waals surface area contributed by atoms with Gasteiger partial charge in [0.25, 0.3) is 0 Å². The average Bonchev–Trinajstić information content (AvgIpc) is 3.47. The Balaban J connectivity index is 1.53. The number of amides is 1.